The van der Waals surface area contributed by atoms with Crippen molar-refractivity contribution >= 4 is 73.0 Å². The Morgan fingerprint density at radius 3 is 2.68 bits per heavy atom. The predicted molar refractivity (Wildman–Crippen MR) is 218 cm³/mol. The second-order valence-corrected chi connectivity index (χ2v) is 17.0. The van der Waals surface area contributed by atoms with Gasteiger partial charge in [-0.15, -0.1) is 23.1 Å². The molecular formula is C37H37N11O6S3. The Balaban J connectivity index is 1.02. The summed E-state index contributed by atoms with van der Waals surface area (Å²) < 4.78 is 30.5. The van der Waals surface area contributed by atoms with Crippen LogP contribution in [0, 0.1) is 10.1 Å². The van der Waals surface area contributed by atoms with E-state index in [1.165, 1.54) is 5.38 Å². The second-order valence-electron chi connectivity index (χ2n) is 13.3. The van der Waals surface area contributed by atoms with Gasteiger partial charge in [0.1, 0.15) is 10.6 Å². The van der Waals surface area contributed by atoms with Crippen molar-refractivity contribution in [1.82, 2.24) is 34.0 Å². The number of hydrogen-bond donors (Lipinski definition) is 3. The van der Waals surface area contributed by atoms with Gasteiger partial charge in [-0.2, -0.15) is 0 Å². The van der Waals surface area contributed by atoms with Gasteiger partial charge in [-0.05, 0) is 62.8 Å². The summed E-state index contributed by atoms with van der Waals surface area (Å²) >= 11 is 2.73. The molecule has 1 aliphatic heterocycles. The monoisotopic (exact) mass is 827 g/mol. The first-order valence-electron chi connectivity index (χ1n) is 17.7. The van der Waals surface area contributed by atoms with Crippen LogP contribution in [0.3, 0.4) is 0 Å². The molecule has 6 aromatic rings. The molecule has 0 unspecified atom stereocenters. The second kappa shape index (κ2) is 17.0. The van der Waals surface area contributed by atoms with Crippen LogP contribution in [0.15, 0.2) is 101 Å². The number of fused-ring (bicyclic) bond motifs is 2. The Hall–Kier alpha value is -5.96. The highest BCUT2D eigenvalue weighted by Crippen LogP contribution is 2.31. The molecule has 0 aliphatic carbocycles. The molecule has 2 aromatic carbocycles. The first kappa shape index (κ1) is 39.3. The lowest BCUT2D eigenvalue weighted by Gasteiger charge is -2.29. The van der Waals surface area contributed by atoms with Crippen molar-refractivity contribution < 1.29 is 22.9 Å². The Morgan fingerprint density at radius 2 is 1.91 bits per heavy atom. The number of rotatable bonds is 15. The number of anilines is 3. The summed E-state index contributed by atoms with van der Waals surface area (Å²) in [5.74, 6) is -0.475. The van der Waals surface area contributed by atoms with Gasteiger partial charge in [0.2, 0.25) is 5.82 Å². The van der Waals surface area contributed by atoms with Crippen LogP contribution >= 0.6 is 23.1 Å². The molecule has 4 aromatic heterocycles. The Bertz CT molecular complexity index is 2510. The maximum Gasteiger partial charge on any atom is 0.312 e. The van der Waals surface area contributed by atoms with Crippen LogP contribution in [-0.2, 0) is 23.0 Å². The van der Waals surface area contributed by atoms with E-state index in [0.29, 0.717) is 60.4 Å². The van der Waals surface area contributed by atoms with E-state index in [4.69, 9.17) is 0 Å². The minimum absolute atomic E-state index is 0.0803. The number of carbonyl (C=O) groups excluding carboxylic acids is 2. The van der Waals surface area contributed by atoms with E-state index >= 15 is 0 Å². The van der Waals surface area contributed by atoms with E-state index in [2.05, 4.69) is 30.6 Å². The van der Waals surface area contributed by atoms with Crippen LogP contribution in [-0.4, -0.2) is 93.4 Å². The molecule has 57 heavy (non-hydrogen) atoms. The molecule has 0 saturated carbocycles. The summed E-state index contributed by atoms with van der Waals surface area (Å²) in [7, 11) is -0.734. The van der Waals surface area contributed by atoms with E-state index in [9.17, 15) is 28.1 Å². The highest BCUT2D eigenvalue weighted by atomic mass is 32.2. The quantitative estimate of drug-likeness (QED) is 0.0711. The van der Waals surface area contributed by atoms with E-state index in [1.54, 1.807) is 47.0 Å². The number of thioether (sulfide) groups is 1. The van der Waals surface area contributed by atoms with Gasteiger partial charge in [-0.3, -0.25) is 24.7 Å². The summed E-state index contributed by atoms with van der Waals surface area (Å²) in [6.07, 6.45) is 8.86. The average molecular weight is 828 g/mol. The first-order chi connectivity index (χ1) is 27.4. The first-order valence-corrected chi connectivity index (χ1v) is 21.0. The van der Waals surface area contributed by atoms with Crippen LogP contribution in [0.4, 0.5) is 22.5 Å². The minimum atomic E-state index is -4.59. The third kappa shape index (κ3) is 9.37. The topological polar surface area (TPSA) is 210 Å². The largest absolute Gasteiger partial charge is 0.361 e. The molecule has 3 N–H and O–H groups in total. The number of carbonyl (C=O) groups is 2. The summed E-state index contributed by atoms with van der Waals surface area (Å²) in [6.45, 7) is 1.56. The van der Waals surface area contributed by atoms with Gasteiger partial charge < -0.3 is 24.8 Å². The van der Waals surface area contributed by atoms with Crippen LogP contribution < -0.4 is 20.3 Å². The molecule has 2 amide bonds. The normalized spacial score (nSPS) is 13.3. The van der Waals surface area contributed by atoms with E-state index < -0.39 is 31.4 Å². The van der Waals surface area contributed by atoms with Crippen molar-refractivity contribution in [2.45, 2.75) is 35.2 Å². The molecule has 7 rings (SSSR count). The van der Waals surface area contributed by atoms with Crippen molar-refractivity contribution in [2.24, 2.45) is 0 Å². The van der Waals surface area contributed by atoms with Gasteiger partial charge in [0.25, 0.3) is 21.8 Å². The maximum atomic E-state index is 13.4. The average Bonchev–Trinajstić information content (AvgIpc) is 3.86. The van der Waals surface area contributed by atoms with E-state index in [-0.39, 0.29) is 23.5 Å². The number of sulfonamides is 1. The fourth-order valence-electron chi connectivity index (χ4n) is 6.14. The predicted octanol–water partition coefficient (Wildman–Crippen LogP) is 4.95. The lowest BCUT2D eigenvalue weighted by atomic mass is 9.94. The third-order valence-electron chi connectivity index (χ3n) is 9.06. The maximum absolute atomic E-state index is 13.4. The zero-order valence-corrected chi connectivity index (χ0v) is 33.2. The smallest absolute Gasteiger partial charge is 0.312 e. The number of thiazole rings is 1. The fourth-order valence-corrected chi connectivity index (χ4v) is 8.89. The Morgan fingerprint density at radius 1 is 1.09 bits per heavy atom. The number of hydrogen-bond acceptors (Lipinski definition) is 15. The Labute approximate surface area is 335 Å². The molecule has 0 spiro atoms. The van der Waals surface area contributed by atoms with Gasteiger partial charge in [0, 0.05) is 59.2 Å². The Kier molecular flexibility index (Phi) is 11.7. The summed E-state index contributed by atoms with van der Waals surface area (Å²) in [4.78, 5) is 59.6. The van der Waals surface area contributed by atoms with Gasteiger partial charge in [-0.25, -0.2) is 28.1 Å². The number of amides is 2. The highest BCUT2D eigenvalue weighted by molar-refractivity contribution is 7.99. The molecule has 0 bridgehead atoms. The number of nitrogens with one attached hydrogen (secondary N) is 3. The molecule has 294 valence electrons. The molecule has 0 fully saturated rings. The van der Waals surface area contributed by atoms with Gasteiger partial charge in [0.05, 0.1) is 23.5 Å². The number of benzene rings is 2. The fraction of sp³-hybridized carbons (Fsp3) is 0.243. The van der Waals surface area contributed by atoms with Crippen LogP contribution in [0.5, 0.6) is 0 Å². The summed E-state index contributed by atoms with van der Waals surface area (Å²) in [6, 6.07) is 15.9. The van der Waals surface area contributed by atoms with Gasteiger partial charge in [0.15, 0.2) is 16.6 Å². The van der Waals surface area contributed by atoms with Gasteiger partial charge in [-0.1, -0.05) is 30.3 Å². The van der Waals surface area contributed by atoms with Crippen LogP contribution in [0.1, 0.15) is 38.4 Å². The standard InChI is InChI=1S/C37H37N11O6S3/c1-45(2)14-12-25(22-55-26-8-4-3-5-9-26)40-34-31(48(51)52)17-27(18-39-34)57(53,54)44-36(50)30-23-56-37(41-30)47-15-11-24-7-6-10-28(29(24)20-47)35(49)43-32-21-46-16-13-38-19-33(46)42-32/h3-10,13,16-19,21,23,25H,11-12,14-15,20,22H2,1-2H3,(H,39,40)(H,43,49)(H,44,50)/t25-/m1/s1. The van der Waals surface area contributed by atoms with Crippen molar-refractivity contribution in [3.05, 3.63) is 123 Å². The number of nitrogens with zero attached hydrogens (tertiary/aromatic N) is 8. The number of imidazole rings is 1. The van der Waals surface area contributed by atoms with Crippen LogP contribution in [0.2, 0.25) is 0 Å². The molecule has 1 atom stereocenters. The number of pyridine rings is 1. The molecule has 1 aliphatic rings. The zero-order chi connectivity index (χ0) is 40.1. The SMILES string of the molecule is CN(C)CC[C@H](CSc1ccccc1)Nc1ncc(S(=O)(=O)NC(=O)c2csc(N3CCc4cccc(C(=O)Nc5cn6ccncc6n5)c4C3)n2)cc1[N+](=O)[O-]. The number of nitro groups is 1. The number of aromatic nitrogens is 5. The van der Waals surface area contributed by atoms with Crippen molar-refractivity contribution in [3.8, 4) is 0 Å². The van der Waals surface area contributed by atoms with Crippen molar-refractivity contribution in [2.75, 3.05) is 48.5 Å². The lowest BCUT2D eigenvalue weighted by Crippen LogP contribution is -2.33. The van der Waals surface area contributed by atoms with Crippen LogP contribution in [0.25, 0.3) is 5.65 Å². The van der Waals surface area contributed by atoms with Crippen molar-refractivity contribution in [1.29, 1.82) is 0 Å². The summed E-state index contributed by atoms with van der Waals surface area (Å²) in [5, 5.41) is 20.0. The van der Waals surface area contributed by atoms with Gasteiger partial charge >= 0.3 is 5.69 Å². The summed E-state index contributed by atoms with van der Waals surface area (Å²) in [5.41, 5.74) is 2.14. The highest BCUT2D eigenvalue weighted by Gasteiger charge is 2.29. The molecular weight excluding hydrogens is 791 g/mol. The van der Waals surface area contributed by atoms with Crippen molar-refractivity contribution in [3.63, 3.8) is 0 Å². The molecule has 5 heterocycles. The zero-order valence-electron chi connectivity index (χ0n) is 30.7. The van der Waals surface area contributed by atoms with E-state index in [1.807, 2.05) is 71.1 Å². The molecule has 0 radical (unpaired) electrons. The molecule has 0 saturated heterocycles. The van der Waals surface area contributed by atoms with E-state index in [0.717, 1.165) is 39.6 Å². The third-order valence-corrected chi connectivity index (χ3v) is 12.4. The molecule has 20 heteroatoms. The molecule has 17 nitrogen and oxygen atoms in total. The lowest BCUT2D eigenvalue weighted by molar-refractivity contribution is -0.384. The minimum Gasteiger partial charge on any atom is -0.361 e.